The van der Waals surface area contributed by atoms with Gasteiger partial charge in [0.1, 0.15) is 11.4 Å². The molecule has 1 saturated heterocycles. The van der Waals surface area contributed by atoms with Crippen LogP contribution >= 0.6 is 11.3 Å². The van der Waals surface area contributed by atoms with Crippen LogP contribution in [-0.2, 0) is 24.4 Å². The summed E-state index contributed by atoms with van der Waals surface area (Å²) in [5, 5.41) is 3.86. The Morgan fingerprint density at radius 3 is 2.61 bits per heavy atom. The molecule has 4 rings (SSSR count). The molecule has 0 aliphatic carbocycles. The van der Waals surface area contributed by atoms with Gasteiger partial charge < -0.3 is 14.8 Å². The van der Waals surface area contributed by atoms with Crippen molar-refractivity contribution in [2.45, 2.75) is 52.3 Å². The van der Waals surface area contributed by atoms with Crippen molar-refractivity contribution in [1.82, 2.24) is 20.2 Å². The fourth-order valence-corrected chi connectivity index (χ4v) is 5.46. The van der Waals surface area contributed by atoms with Gasteiger partial charge in [-0.15, -0.1) is 11.3 Å². The third-order valence-electron chi connectivity index (χ3n) is 6.03. The van der Waals surface area contributed by atoms with E-state index in [9.17, 15) is 4.79 Å². The number of benzene rings is 1. The summed E-state index contributed by atoms with van der Waals surface area (Å²) < 4.78 is 10.6. The first kappa shape index (κ1) is 23.6. The molecule has 0 unspecified atom stereocenters. The van der Waals surface area contributed by atoms with Gasteiger partial charge in [0.15, 0.2) is 5.82 Å². The van der Waals surface area contributed by atoms with Gasteiger partial charge in [0.2, 0.25) is 5.88 Å². The third-order valence-corrected chi connectivity index (χ3v) is 7.21. The minimum Gasteiger partial charge on any atom is -0.480 e. The van der Waals surface area contributed by atoms with E-state index in [0.29, 0.717) is 29.7 Å². The first-order valence-electron chi connectivity index (χ1n) is 11.5. The number of nitrogens with one attached hydrogen (secondary N) is 1. The molecule has 1 aromatic carbocycles. The highest BCUT2D eigenvalue weighted by Gasteiger charge is 2.21. The van der Waals surface area contributed by atoms with Gasteiger partial charge in [0.05, 0.1) is 17.4 Å². The second-order valence-electron chi connectivity index (χ2n) is 8.51. The molecule has 1 aliphatic heterocycles. The smallest absolute Gasteiger partial charge is 0.261 e. The van der Waals surface area contributed by atoms with Gasteiger partial charge in [-0.25, -0.2) is 4.98 Å². The van der Waals surface area contributed by atoms with Crippen molar-refractivity contribution in [1.29, 1.82) is 0 Å². The molecule has 33 heavy (non-hydrogen) atoms. The number of nitrogens with zero attached hydrogens (tertiary/aromatic N) is 3. The van der Waals surface area contributed by atoms with Crippen LogP contribution < -0.4 is 10.1 Å². The van der Waals surface area contributed by atoms with Crippen LogP contribution in [0.2, 0.25) is 0 Å². The van der Waals surface area contributed by atoms with Gasteiger partial charge in [-0.1, -0.05) is 37.1 Å². The van der Waals surface area contributed by atoms with Crippen LogP contribution in [0, 0.1) is 6.92 Å². The quantitative estimate of drug-likeness (QED) is 0.526. The first-order valence-corrected chi connectivity index (χ1v) is 12.3. The SMILES string of the molecule is COCc1nc(OC)c2c(C)c(C(=O)NCc3cccc(CN4CCCCCC4)c3)sc2n1. The largest absolute Gasteiger partial charge is 0.480 e. The van der Waals surface area contributed by atoms with E-state index in [2.05, 4.69) is 44.5 Å². The third kappa shape index (κ3) is 5.69. The lowest BCUT2D eigenvalue weighted by molar-refractivity contribution is 0.0954. The van der Waals surface area contributed by atoms with Crippen molar-refractivity contribution in [2.75, 3.05) is 27.3 Å². The maximum Gasteiger partial charge on any atom is 0.261 e. The molecule has 3 aromatic rings. The molecule has 0 bridgehead atoms. The summed E-state index contributed by atoms with van der Waals surface area (Å²) in [7, 11) is 3.18. The van der Waals surface area contributed by atoms with Crippen LogP contribution in [0.4, 0.5) is 0 Å². The Labute approximate surface area is 199 Å². The number of aromatic nitrogens is 2. The fraction of sp³-hybridized carbons (Fsp3) is 0.480. The van der Waals surface area contributed by atoms with E-state index in [-0.39, 0.29) is 5.91 Å². The average molecular weight is 469 g/mol. The lowest BCUT2D eigenvalue weighted by atomic mass is 10.1. The normalized spacial score (nSPS) is 14.9. The average Bonchev–Trinajstić information content (AvgIpc) is 2.97. The predicted octanol–water partition coefficient (Wildman–Crippen LogP) is 4.46. The van der Waals surface area contributed by atoms with Crippen molar-refractivity contribution in [3.63, 3.8) is 0 Å². The molecule has 0 spiro atoms. The molecule has 3 heterocycles. The van der Waals surface area contributed by atoms with Crippen LogP contribution in [0.1, 0.15) is 57.9 Å². The summed E-state index contributed by atoms with van der Waals surface area (Å²) in [6, 6.07) is 8.52. The molecule has 176 valence electrons. The van der Waals surface area contributed by atoms with E-state index < -0.39 is 0 Å². The van der Waals surface area contributed by atoms with E-state index in [1.165, 1.54) is 55.7 Å². The van der Waals surface area contributed by atoms with Crippen LogP contribution in [0.5, 0.6) is 5.88 Å². The zero-order valence-electron chi connectivity index (χ0n) is 19.6. The van der Waals surface area contributed by atoms with Crippen LogP contribution in [0.15, 0.2) is 24.3 Å². The number of aryl methyl sites for hydroxylation is 1. The molecule has 8 heteroatoms. The molecular weight excluding hydrogens is 436 g/mol. The number of hydrogen-bond donors (Lipinski definition) is 1. The highest BCUT2D eigenvalue weighted by molar-refractivity contribution is 7.20. The lowest BCUT2D eigenvalue weighted by Gasteiger charge is -2.20. The van der Waals surface area contributed by atoms with Gasteiger partial charge in [0.25, 0.3) is 5.91 Å². The molecular formula is C25H32N4O3S. The van der Waals surface area contributed by atoms with E-state index in [0.717, 1.165) is 27.9 Å². The standard InChI is InChI=1S/C25H32N4O3S/c1-17-21-24(32-3)27-20(16-31-2)28-25(21)33-22(17)23(30)26-14-18-9-8-10-19(13-18)15-29-11-6-4-5-7-12-29/h8-10,13H,4-7,11-12,14-16H2,1-3H3,(H,26,30). The molecule has 1 fully saturated rings. The number of thiophene rings is 1. The van der Waals surface area contributed by atoms with Gasteiger partial charge in [0, 0.05) is 20.2 Å². The Bertz CT molecular complexity index is 1110. The highest BCUT2D eigenvalue weighted by atomic mass is 32.1. The number of rotatable bonds is 8. The number of fused-ring (bicyclic) bond motifs is 1. The van der Waals surface area contributed by atoms with E-state index in [4.69, 9.17) is 9.47 Å². The summed E-state index contributed by atoms with van der Waals surface area (Å²) in [5.74, 6) is 0.904. The summed E-state index contributed by atoms with van der Waals surface area (Å²) in [6.07, 6.45) is 5.24. The zero-order chi connectivity index (χ0) is 23.2. The Kier molecular flexibility index (Phi) is 7.90. The highest BCUT2D eigenvalue weighted by Crippen LogP contribution is 2.35. The van der Waals surface area contributed by atoms with E-state index >= 15 is 0 Å². The Morgan fingerprint density at radius 1 is 1.12 bits per heavy atom. The van der Waals surface area contributed by atoms with Crippen molar-refractivity contribution in [2.24, 2.45) is 0 Å². The number of ether oxygens (including phenoxy) is 2. The summed E-state index contributed by atoms with van der Waals surface area (Å²) in [5.41, 5.74) is 3.24. The maximum atomic E-state index is 13.0. The second-order valence-corrected chi connectivity index (χ2v) is 9.51. The number of likely N-dealkylation sites (tertiary alicyclic amines) is 1. The fourth-order valence-electron chi connectivity index (χ4n) is 4.36. The molecule has 7 nitrogen and oxygen atoms in total. The monoisotopic (exact) mass is 468 g/mol. The van der Waals surface area contributed by atoms with Crippen molar-refractivity contribution in [3.05, 3.63) is 51.7 Å². The number of carbonyl (C=O) groups is 1. The lowest BCUT2D eigenvalue weighted by Crippen LogP contribution is -2.24. The van der Waals surface area contributed by atoms with Gasteiger partial charge >= 0.3 is 0 Å². The van der Waals surface area contributed by atoms with Crippen molar-refractivity contribution in [3.8, 4) is 5.88 Å². The minimum atomic E-state index is -0.108. The molecule has 1 N–H and O–H groups in total. The summed E-state index contributed by atoms with van der Waals surface area (Å²) in [6.45, 7) is 6.00. The van der Waals surface area contributed by atoms with Gasteiger partial charge in [-0.3, -0.25) is 9.69 Å². The van der Waals surface area contributed by atoms with Crippen LogP contribution in [0.25, 0.3) is 10.2 Å². The zero-order valence-corrected chi connectivity index (χ0v) is 20.5. The van der Waals surface area contributed by atoms with Gasteiger partial charge in [-0.05, 0) is 49.5 Å². The number of hydrogen-bond acceptors (Lipinski definition) is 7. The molecule has 0 atom stereocenters. The molecule has 1 aliphatic rings. The number of methoxy groups -OCH3 is 2. The van der Waals surface area contributed by atoms with Crippen molar-refractivity contribution >= 4 is 27.5 Å². The van der Waals surface area contributed by atoms with Crippen LogP contribution in [-0.4, -0.2) is 48.1 Å². The van der Waals surface area contributed by atoms with Crippen molar-refractivity contribution < 1.29 is 14.3 Å². The number of carbonyl (C=O) groups excluding carboxylic acids is 1. The van der Waals surface area contributed by atoms with E-state index in [1.807, 2.05) is 6.92 Å². The maximum absolute atomic E-state index is 13.0. The molecule has 2 aromatic heterocycles. The Morgan fingerprint density at radius 2 is 1.88 bits per heavy atom. The Hall–Kier alpha value is -2.55. The predicted molar refractivity (Wildman–Crippen MR) is 131 cm³/mol. The summed E-state index contributed by atoms with van der Waals surface area (Å²) in [4.78, 5) is 25.9. The first-order chi connectivity index (χ1) is 16.1. The molecule has 0 radical (unpaired) electrons. The minimum absolute atomic E-state index is 0.108. The van der Waals surface area contributed by atoms with Gasteiger partial charge in [-0.2, -0.15) is 4.98 Å². The second kappa shape index (κ2) is 11.0. The number of amides is 1. The Balaban J connectivity index is 1.46. The van der Waals surface area contributed by atoms with Crippen LogP contribution in [0.3, 0.4) is 0 Å². The molecule has 1 amide bonds. The molecule has 0 saturated carbocycles. The topological polar surface area (TPSA) is 76.6 Å². The summed E-state index contributed by atoms with van der Waals surface area (Å²) >= 11 is 1.36. The van der Waals surface area contributed by atoms with E-state index in [1.54, 1.807) is 14.2 Å².